The minimum absolute atomic E-state index is 1.20. The fourth-order valence-corrected chi connectivity index (χ4v) is 10.8. The summed E-state index contributed by atoms with van der Waals surface area (Å²) in [5, 5.41) is 0. The molecule has 2 nitrogen and oxygen atoms in total. The summed E-state index contributed by atoms with van der Waals surface area (Å²) in [5.41, 5.74) is 6.02. The van der Waals surface area contributed by atoms with Gasteiger partial charge in [0.25, 0.3) is 0 Å². The van der Waals surface area contributed by atoms with E-state index < -0.39 is 0 Å². The van der Waals surface area contributed by atoms with Crippen LogP contribution in [0.1, 0.15) is 11.1 Å². The minimum atomic E-state index is 1.20. The van der Waals surface area contributed by atoms with Crippen molar-refractivity contribution in [1.82, 2.24) is 0 Å². The van der Waals surface area contributed by atoms with E-state index in [1.165, 1.54) is 101 Å². The van der Waals surface area contributed by atoms with Crippen LogP contribution in [-0.2, 0) is 0 Å². The summed E-state index contributed by atoms with van der Waals surface area (Å²) in [6.07, 6.45) is 0. The average molecular weight is 477 g/mol. The lowest BCUT2D eigenvalue weighted by molar-refractivity contribution is 0.819. The first-order chi connectivity index (χ1) is 14.2. The number of benzene rings is 2. The predicted molar refractivity (Wildman–Crippen MR) is 134 cm³/mol. The van der Waals surface area contributed by atoms with Gasteiger partial charge in [0.1, 0.15) is 0 Å². The molecule has 0 aromatic heterocycles. The van der Waals surface area contributed by atoms with Crippen molar-refractivity contribution in [2.24, 2.45) is 0 Å². The molecule has 6 rings (SSSR count). The third-order valence-electron chi connectivity index (χ3n) is 6.15. The van der Waals surface area contributed by atoms with Gasteiger partial charge >= 0.3 is 0 Å². The van der Waals surface area contributed by atoms with E-state index in [2.05, 4.69) is 82.8 Å². The molecule has 0 atom stereocenters. The van der Waals surface area contributed by atoms with E-state index in [-0.39, 0.29) is 0 Å². The van der Waals surface area contributed by atoms with Gasteiger partial charge in [-0.05, 0) is 37.1 Å². The molecule has 0 amide bonds. The Morgan fingerprint density at radius 3 is 1.52 bits per heavy atom. The van der Waals surface area contributed by atoms with Crippen molar-refractivity contribution < 1.29 is 0 Å². The molecule has 152 valence electrons. The van der Waals surface area contributed by atoms with Gasteiger partial charge < -0.3 is 9.80 Å². The number of hydrogen-bond donors (Lipinski definition) is 0. The minimum Gasteiger partial charge on any atom is -0.368 e. The van der Waals surface area contributed by atoms with Crippen molar-refractivity contribution in [3.63, 3.8) is 0 Å². The van der Waals surface area contributed by atoms with Crippen molar-refractivity contribution in [2.75, 3.05) is 59.0 Å². The van der Waals surface area contributed by atoms with Gasteiger partial charge in [-0.3, -0.25) is 0 Å². The zero-order valence-electron chi connectivity index (χ0n) is 16.7. The summed E-state index contributed by atoms with van der Waals surface area (Å²) in [6.45, 7) is 9.50. The lowest BCUT2D eigenvalue weighted by Gasteiger charge is -2.38. The summed E-state index contributed by atoms with van der Waals surface area (Å²) in [4.78, 5) is 14.2. The number of anilines is 2. The van der Waals surface area contributed by atoms with Crippen LogP contribution in [0.3, 0.4) is 0 Å². The summed E-state index contributed by atoms with van der Waals surface area (Å²) >= 11 is 10.2. The topological polar surface area (TPSA) is 6.48 Å². The highest BCUT2D eigenvalue weighted by molar-refractivity contribution is 8.02. The number of rotatable bonds is 2. The second kappa shape index (κ2) is 7.73. The summed E-state index contributed by atoms with van der Waals surface area (Å²) in [6, 6.07) is 4.97. The van der Waals surface area contributed by atoms with Crippen LogP contribution in [0.2, 0.25) is 0 Å². The molecule has 2 aromatic carbocycles. The van der Waals surface area contributed by atoms with Crippen molar-refractivity contribution in [3.8, 4) is 0 Å². The van der Waals surface area contributed by atoms with Crippen LogP contribution in [-0.4, -0.2) is 49.2 Å². The molecule has 0 saturated carbocycles. The van der Waals surface area contributed by atoms with Crippen LogP contribution in [0, 0.1) is 13.8 Å². The van der Waals surface area contributed by atoms with E-state index in [1.807, 2.05) is 11.8 Å². The Kier molecular flexibility index (Phi) is 5.19. The van der Waals surface area contributed by atoms with E-state index in [9.17, 15) is 0 Å². The van der Waals surface area contributed by atoms with Crippen LogP contribution in [0.15, 0.2) is 41.5 Å². The van der Waals surface area contributed by atoms with Gasteiger partial charge in [0.2, 0.25) is 0 Å². The molecule has 4 aliphatic heterocycles. The van der Waals surface area contributed by atoms with Gasteiger partial charge in [0.05, 0.1) is 11.4 Å². The van der Waals surface area contributed by atoms with E-state index in [0.29, 0.717) is 0 Å². The van der Waals surface area contributed by atoms with E-state index in [0.717, 1.165) is 0 Å². The van der Waals surface area contributed by atoms with Gasteiger partial charge in [0, 0.05) is 78.6 Å². The van der Waals surface area contributed by atoms with Crippen LogP contribution < -0.4 is 9.80 Å². The van der Waals surface area contributed by atoms with Crippen LogP contribution in [0.5, 0.6) is 0 Å². The molecule has 29 heavy (non-hydrogen) atoms. The number of hydrogen-bond acceptors (Lipinski definition) is 7. The fourth-order valence-electron chi connectivity index (χ4n) is 4.61. The predicted octanol–water partition coefficient (Wildman–Crippen LogP) is 6.49. The monoisotopic (exact) mass is 476 g/mol. The third kappa shape index (κ3) is 3.22. The molecule has 0 spiro atoms. The first kappa shape index (κ1) is 19.5. The van der Waals surface area contributed by atoms with Crippen molar-refractivity contribution in [3.05, 3.63) is 23.3 Å². The molecule has 0 radical (unpaired) electrons. The number of nitrogens with zero attached hydrogens (tertiary/aromatic N) is 2. The van der Waals surface area contributed by atoms with Crippen molar-refractivity contribution in [1.29, 1.82) is 0 Å². The molecule has 2 aromatic rings. The molecule has 4 aliphatic rings. The summed E-state index contributed by atoms with van der Waals surface area (Å²) < 4.78 is 0. The fraction of sp³-hybridized carbons (Fsp3) is 0.455. The van der Waals surface area contributed by atoms with Gasteiger partial charge in [-0.25, -0.2) is 0 Å². The van der Waals surface area contributed by atoms with Crippen LogP contribution >= 0.6 is 58.8 Å². The molecular formula is C22H24N2S5. The van der Waals surface area contributed by atoms with Gasteiger partial charge in [-0.15, -0.1) is 47.0 Å². The van der Waals surface area contributed by atoms with Gasteiger partial charge in [0.15, 0.2) is 0 Å². The molecule has 0 unspecified atom stereocenters. The van der Waals surface area contributed by atoms with E-state index in [1.54, 1.807) is 0 Å². The SMILES string of the molecule is Cc1c(Sc2cc3c4c(c2C)SCCN4CCS3)cc2c3c1SCCN3CCS2. The first-order valence-corrected chi connectivity index (χ1v) is 15.0. The second-order valence-electron chi connectivity index (χ2n) is 7.82. The second-order valence-corrected chi connectivity index (χ2v) is 13.4. The maximum absolute atomic E-state index is 2.62. The quantitative estimate of drug-likeness (QED) is 0.482. The molecule has 4 heterocycles. The normalized spacial score (nSPS) is 19.8. The van der Waals surface area contributed by atoms with Gasteiger partial charge in [-0.1, -0.05) is 11.8 Å². The first-order valence-electron chi connectivity index (χ1n) is 10.2. The standard InChI is InChI=1S/C22H24N2S5/c1-13-15(11-17-19-21(13)27-9-5-23(19)3-7-25-17)29-16-12-18-20-22(14(16)2)28-10-6-24(20)4-8-26-18/h11-12H,3-10H2,1-2H3. The lowest BCUT2D eigenvalue weighted by atomic mass is 10.2. The Labute approximate surface area is 194 Å². The van der Waals surface area contributed by atoms with Crippen molar-refractivity contribution >= 4 is 70.2 Å². The van der Waals surface area contributed by atoms with Crippen LogP contribution in [0.4, 0.5) is 11.4 Å². The molecule has 7 heteroatoms. The Hall–Kier alpha value is -0.210. The van der Waals surface area contributed by atoms with Crippen molar-refractivity contribution in [2.45, 2.75) is 43.2 Å². The largest absolute Gasteiger partial charge is 0.368 e. The zero-order chi connectivity index (χ0) is 19.5. The molecule has 0 aliphatic carbocycles. The summed E-state index contributed by atoms with van der Waals surface area (Å²) in [7, 11) is 0. The molecule has 0 N–H and O–H groups in total. The highest BCUT2D eigenvalue weighted by Gasteiger charge is 2.30. The maximum Gasteiger partial charge on any atom is 0.0646 e. The van der Waals surface area contributed by atoms with Crippen LogP contribution in [0.25, 0.3) is 0 Å². The lowest BCUT2D eigenvalue weighted by Crippen LogP contribution is -2.34. The number of thioether (sulfide) groups is 4. The third-order valence-corrected chi connectivity index (χ3v) is 11.8. The molecular weight excluding hydrogens is 453 g/mol. The van der Waals surface area contributed by atoms with Gasteiger partial charge in [-0.2, -0.15) is 0 Å². The molecule has 0 bridgehead atoms. The summed E-state index contributed by atoms with van der Waals surface area (Å²) in [5.74, 6) is 4.87. The molecule has 0 fully saturated rings. The van der Waals surface area contributed by atoms with E-state index >= 15 is 0 Å². The Bertz CT molecular complexity index is 922. The maximum atomic E-state index is 2.62. The highest BCUT2D eigenvalue weighted by Crippen LogP contribution is 2.53. The Morgan fingerprint density at radius 1 is 0.655 bits per heavy atom. The average Bonchev–Trinajstić information content (AvgIpc) is 2.75. The zero-order valence-corrected chi connectivity index (χ0v) is 20.8. The smallest absolute Gasteiger partial charge is 0.0646 e. The Morgan fingerprint density at radius 2 is 1.07 bits per heavy atom. The van der Waals surface area contributed by atoms with E-state index in [4.69, 9.17) is 0 Å². The Balaban J connectivity index is 1.44. The molecule has 0 saturated heterocycles. The highest BCUT2D eigenvalue weighted by atomic mass is 32.2.